The number of carbonyl (C=O) groups excluding carboxylic acids is 1. The Hall–Kier alpha value is -1.69. The van der Waals surface area contributed by atoms with E-state index in [0.717, 1.165) is 53.6 Å². The number of pyridine rings is 1. The first kappa shape index (κ1) is 17.4. The molecule has 0 saturated heterocycles. The topological polar surface area (TPSA) is 60.7 Å². The van der Waals surface area contributed by atoms with Gasteiger partial charge in [0.05, 0.1) is 5.25 Å². The molecule has 0 spiro atoms. The number of ketones is 1. The molecule has 4 fully saturated rings. The zero-order chi connectivity index (χ0) is 18.6. The van der Waals surface area contributed by atoms with Crippen LogP contribution in [0, 0.1) is 23.2 Å². The minimum absolute atomic E-state index is 0.0497. The SMILES string of the molecule is C[C@@H](Sc1nnc(-c2cccnc2)n1C)C(=O)C12CC3CC(CC(C3)C1)C2. The molecule has 27 heavy (non-hydrogen) atoms. The van der Waals surface area contributed by atoms with E-state index in [1.807, 2.05) is 23.7 Å². The van der Waals surface area contributed by atoms with Crippen molar-refractivity contribution in [3.8, 4) is 11.4 Å². The number of hydrogen-bond donors (Lipinski definition) is 0. The van der Waals surface area contributed by atoms with E-state index in [1.165, 1.54) is 19.3 Å². The highest BCUT2D eigenvalue weighted by Gasteiger charge is 2.55. The summed E-state index contributed by atoms with van der Waals surface area (Å²) in [5.74, 6) is 3.64. The second kappa shape index (κ2) is 6.43. The third kappa shape index (κ3) is 2.93. The van der Waals surface area contributed by atoms with Crippen LogP contribution in [-0.4, -0.2) is 30.8 Å². The fraction of sp³-hybridized carbons (Fsp3) is 0.619. The van der Waals surface area contributed by atoms with Crippen LogP contribution in [0.3, 0.4) is 0 Å². The maximum Gasteiger partial charge on any atom is 0.191 e. The lowest BCUT2D eigenvalue weighted by Crippen LogP contribution is -2.51. The number of nitrogens with zero attached hydrogens (tertiary/aromatic N) is 4. The molecule has 2 heterocycles. The summed E-state index contributed by atoms with van der Waals surface area (Å²) < 4.78 is 1.98. The van der Waals surface area contributed by atoms with Crippen LogP contribution in [0.15, 0.2) is 29.7 Å². The highest BCUT2D eigenvalue weighted by atomic mass is 32.2. The Kier molecular flexibility index (Phi) is 4.15. The van der Waals surface area contributed by atoms with Crippen molar-refractivity contribution in [3.63, 3.8) is 0 Å². The summed E-state index contributed by atoms with van der Waals surface area (Å²) in [6, 6.07) is 3.88. The number of hydrogen-bond acceptors (Lipinski definition) is 5. The lowest BCUT2D eigenvalue weighted by Gasteiger charge is -2.56. The van der Waals surface area contributed by atoms with Crippen LogP contribution in [0.4, 0.5) is 0 Å². The Morgan fingerprint density at radius 3 is 2.44 bits per heavy atom. The molecule has 142 valence electrons. The predicted molar refractivity (Wildman–Crippen MR) is 105 cm³/mol. The summed E-state index contributed by atoms with van der Waals surface area (Å²) in [4.78, 5) is 17.7. The van der Waals surface area contributed by atoms with Crippen molar-refractivity contribution in [2.45, 2.75) is 55.9 Å². The minimum Gasteiger partial charge on any atom is -0.305 e. The van der Waals surface area contributed by atoms with Crippen molar-refractivity contribution in [2.75, 3.05) is 0 Å². The zero-order valence-electron chi connectivity index (χ0n) is 16.0. The van der Waals surface area contributed by atoms with E-state index >= 15 is 0 Å². The van der Waals surface area contributed by atoms with Gasteiger partial charge in [-0.15, -0.1) is 10.2 Å². The average Bonchev–Trinajstić information content (AvgIpc) is 3.01. The molecule has 5 nitrogen and oxygen atoms in total. The van der Waals surface area contributed by atoms with Gasteiger partial charge in [0.2, 0.25) is 0 Å². The standard InChI is InChI=1S/C21H26N4OS/c1-13(18(26)21-9-14-6-15(10-21)8-16(7-14)11-21)27-20-24-23-19(25(20)2)17-4-3-5-22-12-17/h3-5,12-16H,6-11H2,1-2H3/t13-,14?,15?,16?,21?/m1/s1. The Morgan fingerprint density at radius 2 is 1.85 bits per heavy atom. The molecule has 0 unspecified atom stereocenters. The van der Waals surface area contributed by atoms with Gasteiger partial charge in [-0.2, -0.15) is 0 Å². The fourth-order valence-corrected chi connectivity index (χ4v) is 7.22. The number of carbonyl (C=O) groups is 1. The van der Waals surface area contributed by atoms with E-state index in [9.17, 15) is 4.79 Å². The molecule has 6 rings (SSSR count). The number of aromatic nitrogens is 4. The minimum atomic E-state index is -0.0779. The molecule has 4 aliphatic carbocycles. The van der Waals surface area contributed by atoms with E-state index in [-0.39, 0.29) is 10.7 Å². The Labute approximate surface area is 164 Å². The van der Waals surface area contributed by atoms with Crippen LogP contribution < -0.4 is 0 Å². The molecule has 4 bridgehead atoms. The van der Waals surface area contributed by atoms with Gasteiger partial charge in [0.25, 0.3) is 0 Å². The van der Waals surface area contributed by atoms with Gasteiger partial charge in [0.1, 0.15) is 0 Å². The van der Waals surface area contributed by atoms with Gasteiger partial charge in [-0.25, -0.2) is 0 Å². The molecule has 0 aliphatic heterocycles. The fourth-order valence-electron chi connectivity index (χ4n) is 6.22. The average molecular weight is 383 g/mol. The maximum absolute atomic E-state index is 13.5. The van der Waals surface area contributed by atoms with Crippen LogP contribution in [0.25, 0.3) is 11.4 Å². The van der Waals surface area contributed by atoms with Crippen molar-refractivity contribution >= 4 is 17.5 Å². The summed E-state index contributed by atoms with van der Waals surface area (Å²) >= 11 is 1.56. The molecule has 0 aromatic carbocycles. The second-order valence-electron chi connectivity index (χ2n) is 8.93. The van der Waals surface area contributed by atoms with Crippen LogP contribution in [0.2, 0.25) is 0 Å². The molecule has 6 heteroatoms. The summed E-state index contributed by atoms with van der Waals surface area (Å²) in [6.45, 7) is 2.06. The normalized spacial score (nSPS) is 32.6. The zero-order valence-corrected chi connectivity index (χ0v) is 16.8. The van der Waals surface area contributed by atoms with E-state index in [1.54, 1.807) is 24.2 Å². The lowest BCUT2D eigenvalue weighted by molar-refractivity contribution is -0.142. The van der Waals surface area contributed by atoms with E-state index in [2.05, 4.69) is 22.1 Å². The molecule has 0 amide bonds. The Morgan fingerprint density at radius 1 is 1.19 bits per heavy atom. The van der Waals surface area contributed by atoms with E-state index in [0.29, 0.717) is 5.78 Å². The van der Waals surface area contributed by atoms with Crippen LogP contribution in [0.1, 0.15) is 45.4 Å². The third-order valence-electron chi connectivity index (χ3n) is 6.97. The first-order chi connectivity index (χ1) is 13.0. The van der Waals surface area contributed by atoms with Gasteiger partial charge in [0.15, 0.2) is 16.8 Å². The van der Waals surface area contributed by atoms with Gasteiger partial charge < -0.3 is 4.57 Å². The number of rotatable bonds is 5. The molecule has 2 aromatic heterocycles. The van der Waals surface area contributed by atoms with E-state index in [4.69, 9.17) is 0 Å². The molecule has 2 aromatic rings. The summed E-state index contributed by atoms with van der Waals surface area (Å²) in [5, 5.41) is 9.42. The molecule has 0 radical (unpaired) electrons. The van der Waals surface area contributed by atoms with Crippen molar-refractivity contribution in [1.29, 1.82) is 0 Å². The summed E-state index contributed by atoms with van der Waals surface area (Å²) in [5.41, 5.74) is 0.894. The van der Waals surface area contributed by atoms with Crippen molar-refractivity contribution in [2.24, 2.45) is 30.2 Å². The molecular formula is C21H26N4OS. The van der Waals surface area contributed by atoms with Gasteiger partial charge in [-0.05, 0) is 75.3 Å². The first-order valence-electron chi connectivity index (χ1n) is 10.0. The largest absolute Gasteiger partial charge is 0.305 e. The van der Waals surface area contributed by atoms with Crippen LogP contribution in [-0.2, 0) is 11.8 Å². The van der Waals surface area contributed by atoms with Crippen LogP contribution in [0.5, 0.6) is 0 Å². The first-order valence-corrected chi connectivity index (χ1v) is 10.9. The third-order valence-corrected chi connectivity index (χ3v) is 8.10. The van der Waals surface area contributed by atoms with Gasteiger partial charge >= 0.3 is 0 Å². The predicted octanol–water partition coefficient (Wildman–Crippen LogP) is 4.14. The van der Waals surface area contributed by atoms with E-state index < -0.39 is 0 Å². The molecule has 1 atom stereocenters. The Bertz CT molecular complexity index is 827. The van der Waals surface area contributed by atoms with Gasteiger partial charge in [-0.1, -0.05) is 11.8 Å². The Balaban J connectivity index is 1.35. The highest BCUT2D eigenvalue weighted by Crippen LogP contribution is 2.61. The summed E-state index contributed by atoms with van der Waals surface area (Å²) in [7, 11) is 1.96. The smallest absolute Gasteiger partial charge is 0.191 e. The molecule has 0 N–H and O–H groups in total. The highest BCUT2D eigenvalue weighted by molar-refractivity contribution is 8.00. The lowest BCUT2D eigenvalue weighted by atomic mass is 9.48. The second-order valence-corrected chi connectivity index (χ2v) is 10.2. The van der Waals surface area contributed by atoms with Crippen molar-refractivity contribution in [1.82, 2.24) is 19.7 Å². The quantitative estimate of drug-likeness (QED) is 0.727. The summed E-state index contributed by atoms with van der Waals surface area (Å²) in [6.07, 6.45) is 11.0. The number of thioether (sulfide) groups is 1. The number of Topliss-reactive ketones (excluding diaryl/α,β-unsaturated/α-hetero) is 1. The van der Waals surface area contributed by atoms with Gasteiger partial charge in [0, 0.05) is 30.4 Å². The monoisotopic (exact) mass is 382 g/mol. The van der Waals surface area contributed by atoms with Crippen molar-refractivity contribution in [3.05, 3.63) is 24.5 Å². The van der Waals surface area contributed by atoms with Crippen LogP contribution >= 0.6 is 11.8 Å². The van der Waals surface area contributed by atoms with Gasteiger partial charge in [-0.3, -0.25) is 9.78 Å². The maximum atomic E-state index is 13.5. The molecular weight excluding hydrogens is 356 g/mol. The molecule has 4 aliphatic rings. The van der Waals surface area contributed by atoms with Crippen molar-refractivity contribution < 1.29 is 4.79 Å². The molecule has 4 saturated carbocycles.